The quantitative estimate of drug-likeness (QED) is 0.642. The van der Waals surface area contributed by atoms with E-state index in [-0.39, 0.29) is 18.4 Å². The number of thioether (sulfide) groups is 1. The Balaban J connectivity index is 1.94. The smallest absolute Gasteiger partial charge is 0.261 e. The first-order chi connectivity index (χ1) is 9.72. The van der Waals surface area contributed by atoms with Gasteiger partial charge in [-0.25, -0.2) is 0 Å². The Morgan fingerprint density at radius 2 is 1.70 bits per heavy atom. The fourth-order valence-electron chi connectivity index (χ4n) is 2.26. The Morgan fingerprint density at radius 1 is 1.05 bits per heavy atom. The fraction of sp³-hybridized carbons (Fsp3) is 0.133. The molecule has 2 amide bonds. The number of imide groups is 1. The zero-order valence-electron chi connectivity index (χ0n) is 10.9. The largest absolute Gasteiger partial charge is 0.269 e. The molecule has 2 aromatic rings. The van der Waals surface area contributed by atoms with Crippen molar-refractivity contribution in [2.75, 3.05) is 6.26 Å². The van der Waals surface area contributed by atoms with Crippen molar-refractivity contribution in [2.45, 2.75) is 11.4 Å². The van der Waals surface area contributed by atoms with Crippen LogP contribution in [0.25, 0.3) is 0 Å². The highest BCUT2D eigenvalue weighted by Gasteiger charge is 2.35. The normalized spacial score (nSPS) is 13.8. The fourth-order valence-corrected chi connectivity index (χ4v) is 2.83. The SMILES string of the molecule is CSc1cccnc1CN1C(=O)c2ccccc2C1=O. The highest BCUT2D eigenvalue weighted by atomic mass is 32.2. The molecule has 5 heteroatoms. The van der Waals surface area contributed by atoms with E-state index in [1.807, 2.05) is 18.4 Å². The lowest BCUT2D eigenvalue weighted by atomic mass is 10.1. The first kappa shape index (κ1) is 12.9. The van der Waals surface area contributed by atoms with Crippen molar-refractivity contribution in [3.8, 4) is 0 Å². The van der Waals surface area contributed by atoms with Crippen LogP contribution in [0.1, 0.15) is 26.4 Å². The van der Waals surface area contributed by atoms with E-state index in [9.17, 15) is 9.59 Å². The van der Waals surface area contributed by atoms with Crippen LogP contribution in [-0.2, 0) is 6.54 Å². The number of hydrogen-bond donors (Lipinski definition) is 0. The molecule has 2 heterocycles. The van der Waals surface area contributed by atoms with Gasteiger partial charge in [-0.1, -0.05) is 12.1 Å². The van der Waals surface area contributed by atoms with Gasteiger partial charge in [0, 0.05) is 11.1 Å². The molecule has 0 saturated heterocycles. The monoisotopic (exact) mass is 284 g/mol. The lowest BCUT2D eigenvalue weighted by molar-refractivity contribution is 0.0639. The number of fused-ring (bicyclic) bond motifs is 1. The third-order valence-corrected chi connectivity index (χ3v) is 4.07. The maximum Gasteiger partial charge on any atom is 0.261 e. The summed E-state index contributed by atoms with van der Waals surface area (Å²) < 4.78 is 0. The lowest BCUT2D eigenvalue weighted by Crippen LogP contribution is -2.29. The maximum atomic E-state index is 12.3. The van der Waals surface area contributed by atoms with E-state index in [0.29, 0.717) is 11.1 Å². The highest BCUT2D eigenvalue weighted by molar-refractivity contribution is 7.98. The molecule has 0 unspecified atom stereocenters. The molecule has 4 nitrogen and oxygen atoms in total. The molecule has 0 radical (unpaired) electrons. The second-order valence-electron chi connectivity index (χ2n) is 4.39. The average molecular weight is 284 g/mol. The Kier molecular flexibility index (Phi) is 3.28. The van der Waals surface area contributed by atoms with Crippen molar-refractivity contribution in [3.63, 3.8) is 0 Å². The molecule has 1 aliphatic heterocycles. The number of aromatic nitrogens is 1. The first-order valence-corrected chi connectivity index (χ1v) is 7.38. The number of pyridine rings is 1. The molecule has 0 aliphatic carbocycles. The van der Waals surface area contributed by atoms with Gasteiger partial charge in [0.15, 0.2) is 0 Å². The van der Waals surface area contributed by atoms with Crippen LogP contribution in [0.4, 0.5) is 0 Å². The minimum atomic E-state index is -0.247. The number of nitrogens with zero attached hydrogens (tertiary/aromatic N) is 2. The van der Waals surface area contributed by atoms with Crippen LogP contribution in [0.5, 0.6) is 0 Å². The van der Waals surface area contributed by atoms with Crippen molar-refractivity contribution in [1.82, 2.24) is 9.88 Å². The molecule has 100 valence electrons. The molecule has 0 bridgehead atoms. The summed E-state index contributed by atoms with van der Waals surface area (Å²) in [5, 5.41) is 0. The molecule has 0 fully saturated rings. The summed E-state index contributed by atoms with van der Waals surface area (Å²) in [6, 6.07) is 10.7. The zero-order valence-corrected chi connectivity index (χ0v) is 11.7. The molecule has 1 aromatic heterocycles. The topological polar surface area (TPSA) is 50.3 Å². The maximum absolute atomic E-state index is 12.3. The van der Waals surface area contributed by atoms with Crippen LogP contribution in [0.2, 0.25) is 0 Å². The van der Waals surface area contributed by atoms with E-state index in [4.69, 9.17) is 0 Å². The third-order valence-electron chi connectivity index (χ3n) is 3.25. The number of amides is 2. The van der Waals surface area contributed by atoms with Crippen LogP contribution < -0.4 is 0 Å². The minimum absolute atomic E-state index is 0.212. The van der Waals surface area contributed by atoms with Gasteiger partial charge < -0.3 is 0 Å². The molecule has 3 rings (SSSR count). The van der Waals surface area contributed by atoms with Crippen molar-refractivity contribution in [1.29, 1.82) is 0 Å². The zero-order chi connectivity index (χ0) is 14.1. The lowest BCUT2D eigenvalue weighted by Gasteiger charge is -2.14. The minimum Gasteiger partial charge on any atom is -0.269 e. The van der Waals surface area contributed by atoms with Gasteiger partial charge in [0.05, 0.1) is 23.4 Å². The Morgan fingerprint density at radius 3 is 2.30 bits per heavy atom. The molecule has 20 heavy (non-hydrogen) atoms. The van der Waals surface area contributed by atoms with E-state index < -0.39 is 0 Å². The van der Waals surface area contributed by atoms with Crippen molar-refractivity contribution in [2.24, 2.45) is 0 Å². The number of hydrogen-bond acceptors (Lipinski definition) is 4. The van der Waals surface area contributed by atoms with Gasteiger partial charge in [0.25, 0.3) is 11.8 Å². The molecule has 1 aliphatic rings. The van der Waals surface area contributed by atoms with Crippen LogP contribution in [-0.4, -0.2) is 28.0 Å². The van der Waals surface area contributed by atoms with E-state index in [0.717, 1.165) is 10.6 Å². The number of carbonyl (C=O) groups is 2. The first-order valence-electron chi connectivity index (χ1n) is 6.15. The predicted molar refractivity (Wildman–Crippen MR) is 76.7 cm³/mol. The number of carbonyl (C=O) groups excluding carboxylic acids is 2. The van der Waals surface area contributed by atoms with Crippen molar-refractivity contribution >= 4 is 23.6 Å². The van der Waals surface area contributed by atoms with Gasteiger partial charge in [0.1, 0.15) is 0 Å². The Hall–Kier alpha value is -2.14. The van der Waals surface area contributed by atoms with Crippen molar-refractivity contribution < 1.29 is 9.59 Å². The van der Waals surface area contributed by atoms with E-state index in [1.54, 1.807) is 42.2 Å². The summed E-state index contributed by atoms with van der Waals surface area (Å²) in [7, 11) is 0. The van der Waals surface area contributed by atoms with E-state index >= 15 is 0 Å². The summed E-state index contributed by atoms with van der Waals surface area (Å²) >= 11 is 1.55. The summed E-state index contributed by atoms with van der Waals surface area (Å²) in [6.45, 7) is 0.212. The van der Waals surface area contributed by atoms with Crippen molar-refractivity contribution in [3.05, 3.63) is 59.4 Å². The molecule has 0 atom stereocenters. The standard InChI is InChI=1S/C15H12N2O2S/c1-20-13-7-4-8-16-12(13)9-17-14(18)10-5-2-3-6-11(10)15(17)19/h2-8H,9H2,1H3. The van der Waals surface area contributed by atoms with Crippen LogP contribution in [0.15, 0.2) is 47.5 Å². The number of rotatable bonds is 3. The summed E-state index contributed by atoms with van der Waals surface area (Å²) in [5.41, 5.74) is 1.69. The molecule has 0 spiro atoms. The van der Waals surface area contributed by atoms with Crippen LogP contribution in [0, 0.1) is 0 Å². The average Bonchev–Trinajstić information content (AvgIpc) is 2.73. The third kappa shape index (κ3) is 2.00. The Bertz CT molecular complexity index is 665. The summed E-state index contributed by atoms with van der Waals surface area (Å²) in [6.07, 6.45) is 3.62. The van der Waals surface area contributed by atoms with Gasteiger partial charge in [-0.15, -0.1) is 11.8 Å². The summed E-state index contributed by atoms with van der Waals surface area (Å²) in [5.74, 6) is -0.494. The number of benzene rings is 1. The molecular weight excluding hydrogens is 272 g/mol. The van der Waals surface area contributed by atoms with Crippen LogP contribution in [0.3, 0.4) is 0 Å². The van der Waals surface area contributed by atoms with E-state index in [2.05, 4.69) is 4.98 Å². The predicted octanol–water partition coefficient (Wildman–Crippen LogP) is 2.60. The summed E-state index contributed by atoms with van der Waals surface area (Å²) in [4.78, 5) is 31.1. The van der Waals surface area contributed by atoms with Gasteiger partial charge in [0.2, 0.25) is 0 Å². The Labute approximate surface area is 120 Å². The highest BCUT2D eigenvalue weighted by Crippen LogP contribution is 2.26. The van der Waals surface area contributed by atoms with Gasteiger partial charge in [-0.2, -0.15) is 0 Å². The molecular formula is C15H12N2O2S. The van der Waals surface area contributed by atoms with Gasteiger partial charge in [-0.3, -0.25) is 19.5 Å². The van der Waals surface area contributed by atoms with Gasteiger partial charge >= 0.3 is 0 Å². The second kappa shape index (κ2) is 5.09. The second-order valence-corrected chi connectivity index (χ2v) is 5.24. The molecule has 0 saturated carbocycles. The van der Waals surface area contributed by atoms with Gasteiger partial charge in [-0.05, 0) is 30.5 Å². The molecule has 0 N–H and O–H groups in total. The van der Waals surface area contributed by atoms with Crippen LogP contribution >= 0.6 is 11.8 Å². The molecule has 1 aromatic carbocycles. The van der Waals surface area contributed by atoms with E-state index in [1.165, 1.54) is 4.90 Å².